The number of halogens is 1. The monoisotopic (exact) mass is 281 g/mol. The number of aromatic carboxylic acids is 1. The summed E-state index contributed by atoms with van der Waals surface area (Å²) < 4.78 is 2.26. The lowest BCUT2D eigenvalue weighted by atomic mass is 10.3. The maximum Gasteiger partial charge on any atom is 0.341 e. The molecule has 0 aliphatic carbocycles. The number of benzene rings is 1. The molecule has 0 saturated heterocycles. The van der Waals surface area contributed by atoms with E-state index in [4.69, 9.17) is 10.8 Å². The zero-order valence-corrected chi connectivity index (χ0v) is 9.68. The van der Waals surface area contributed by atoms with Crippen LogP contribution >= 0.6 is 15.9 Å². The molecule has 5 nitrogen and oxygen atoms in total. The van der Waals surface area contributed by atoms with E-state index in [2.05, 4.69) is 21.0 Å². The van der Waals surface area contributed by atoms with Crippen LogP contribution < -0.4 is 5.73 Å². The molecule has 0 atom stereocenters. The topological polar surface area (TPSA) is 81.1 Å². The Bertz CT molecular complexity index is 551. The Balaban J connectivity index is 2.53. The Morgan fingerprint density at radius 1 is 1.50 bits per heavy atom. The molecular formula is C10H8BrN3O2. The smallest absolute Gasteiger partial charge is 0.341 e. The first-order valence-corrected chi connectivity index (χ1v) is 5.21. The maximum atomic E-state index is 10.8. The minimum atomic E-state index is -1.08. The van der Waals surface area contributed by atoms with Gasteiger partial charge in [0.1, 0.15) is 11.4 Å². The quantitative estimate of drug-likeness (QED) is 0.881. The van der Waals surface area contributed by atoms with Gasteiger partial charge in [-0.15, -0.1) is 0 Å². The minimum Gasteiger partial charge on any atom is -0.477 e. The molecule has 1 aromatic heterocycles. The minimum absolute atomic E-state index is 0.0000227. The predicted molar refractivity (Wildman–Crippen MR) is 62.6 cm³/mol. The van der Waals surface area contributed by atoms with Gasteiger partial charge in [-0.05, 0) is 18.2 Å². The van der Waals surface area contributed by atoms with Crippen molar-refractivity contribution in [3.8, 4) is 5.69 Å². The highest BCUT2D eigenvalue weighted by Crippen LogP contribution is 2.19. The summed E-state index contributed by atoms with van der Waals surface area (Å²) in [6.45, 7) is 0. The number of hydrogen-bond acceptors (Lipinski definition) is 3. The average molecular weight is 282 g/mol. The zero-order chi connectivity index (χ0) is 11.7. The van der Waals surface area contributed by atoms with E-state index < -0.39 is 5.97 Å². The largest absolute Gasteiger partial charge is 0.477 e. The van der Waals surface area contributed by atoms with Crippen LogP contribution in [0.3, 0.4) is 0 Å². The highest BCUT2D eigenvalue weighted by Gasteiger charge is 2.14. The van der Waals surface area contributed by atoms with Crippen LogP contribution in [0.5, 0.6) is 0 Å². The van der Waals surface area contributed by atoms with Gasteiger partial charge in [0.05, 0.1) is 11.9 Å². The van der Waals surface area contributed by atoms with Crippen LogP contribution in [0.4, 0.5) is 5.82 Å². The molecule has 0 amide bonds. The molecule has 3 N–H and O–H groups in total. The fourth-order valence-electron chi connectivity index (χ4n) is 1.34. The Kier molecular flexibility index (Phi) is 2.66. The summed E-state index contributed by atoms with van der Waals surface area (Å²) in [6.07, 6.45) is 1.23. The van der Waals surface area contributed by atoms with Crippen LogP contribution in [0.15, 0.2) is 34.9 Å². The van der Waals surface area contributed by atoms with Gasteiger partial charge in [-0.2, -0.15) is 5.10 Å². The fourth-order valence-corrected chi connectivity index (χ4v) is 1.72. The van der Waals surface area contributed by atoms with Crippen molar-refractivity contribution >= 4 is 27.7 Å². The molecule has 82 valence electrons. The Morgan fingerprint density at radius 3 is 2.81 bits per heavy atom. The van der Waals surface area contributed by atoms with E-state index in [1.165, 1.54) is 10.9 Å². The van der Waals surface area contributed by atoms with Gasteiger partial charge in [-0.1, -0.05) is 22.0 Å². The third-order valence-electron chi connectivity index (χ3n) is 2.09. The number of nitrogens with zero attached hydrogens (tertiary/aromatic N) is 2. The molecule has 0 radical (unpaired) electrons. The summed E-state index contributed by atoms with van der Waals surface area (Å²) in [5, 5.41) is 12.8. The molecule has 0 fully saturated rings. The van der Waals surface area contributed by atoms with E-state index in [0.717, 1.165) is 4.47 Å². The summed E-state index contributed by atoms with van der Waals surface area (Å²) in [5.74, 6) is -0.968. The van der Waals surface area contributed by atoms with Crippen molar-refractivity contribution in [2.75, 3.05) is 5.73 Å². The number of hydrogen-bond donors (Lipinski definition) is 2. The molecular weight excluding hydrogens is 274 g/mol. The molecule has 2 rings (SSSR count). The van der Waals surface area contributed by atoms with Crippen LogP contribution in [0.1, 0.15) is 10.4 Å². The normalized spacial score (nSPS) is 10.3. The molecule has 0 unspecified atom stereocenters. The summed E-state index contributed by atoms with van der Waals surface area (Å²) in [5.41, 5.74) is 6.40. The zero-order valence-electron chi connectivity index (χ0n) is 8.09. The van der Waals surface area contributed by atoms with Crippen LogP contribution in [-0.2, 0) is 0 Å². The molecule has 0 bridgehead atoms. The van der Waals surface area contributed by atoms with Crippen LogP contribution in [0, 0.1) is 0 Å². The Labute approximate surface area is 99.6 Å². The standard InChI is InChI=1S/C10H8BrN3O2/c11-6-2-1-3-7(4-6)14-9(12)8(5-13-14)10(15)16/h1-5H,12H2,(H,15,16). The maximum absolute atomic E-state index is 10.8. The molecule has 0 saturated carbocycles. The third kappa shape index (κ3) is 1.79. The second kappa shape index (κ2) is 3.97. The Hall–Kier alpha value is -1.82. The Morgan fingerprint density at radius 2 is 2.25 bits per heavy atom. The lowest BCUT2D eigenvalue weighted by molar-refractivity contribution is 0.0698. The molecule has 1 heterocycles. The summed E-state index contributed by atoms with van der Waals surface area (Å²) >= 11 is 3.32. The van der Waals surface area contributed by atoms with E-state index in [1.807, 2.05) is 12.1 Å². The third-order valence-corrected chi connectivity index (χ3v) is 2.58. The lowest BCUT2D eigenvalue weighted by Gasteiger charge is -2.04. The first kappa shape index (κ1) is 10.7. The first-order chi connectivity index (χ1) is 7.59. The van der Waals surface area contributed by atoms with Crippen LogP contribution in [0.2, 0.25) is 0 Å². The van der Waals surface area contributed by atoms with Gasteiger partial charge in [-0.25, -0.2) is 9.48 Å². The molecule has 0 spiro atoms. The highest BCUT2D eigenvalue weighted by atomic mass is 79.9. The van der Waals surface area contributed by atoms with Gasteiger partial charge in [-0.3, -0.25) is 0 Å². The van der Waals surface area contributed by atoms with Gasteiger partial charge in [0.2, 0.25) is 0 Å². The molecule has 2 aromatic rings. The second-order valence-corrected chi connectivity index (χ2v) is 4.06. The molecule has 6 heteroatoms. The number of anilines is 1. The van der Waals surface area contributed by atoms with Gasteiger partial charge in [0.25, 0.3) is 0 Å². The number of nitrogens with two attached hydrogens (primary N) is 1. The molecule has 16 heavy (non-hydrogen) atoms. The number of aromatic nitrogens is 2. The average Bonchev–Trinajstić information content (AvgIpc) is 2.60. The summed E-state index contributed by atoms with van der Waals surface area (Å²) in [6, 6.07) is 7.27. The van der Waals surface area contributed by atoms with Crippen molar-refractivity contribution in [2.45, 2.75) is 0 Å². The van der Waals surface area contributed by atoms with E-state index in [9.17, 15) is 4.79 Å². The van der Waals surface area contributed by atoms with Crippen LogP contribution in [0.25, 0.3) is 5.69 Å². The van der Waals surface area contributed by atoms with Gasteiger partial charge < -0.3 is 10.8 Å². The number of nitrogen functional groups attached to an aromatic ring is 1. The van der Waals surface area contributed by atoms with Crippen molar-refractivity contribution in [3.05, 3.63) is 40.5 Å². The van der Waals surface area contributed by atoms with E-state index in [-0.39, 0.29) is 11.4 Å². The SMILES string of the molecule is Nc1c(C(=O)O)cnn1-c1cccc(Br)c1. The van der Waals surface area contributed by atoms with Crippen LogP contribution in [-0.4, -0.2) is 20.9 Å². The first-order valence-electron chi connectivity index (χ1n) is 4.42. The van der Waals surface area contributed by atoms with Crippen molar-refractivity contribution in [3.63, 3.8) is 0 Å². The lowest BCUT2D eigenvalue weighted by Crippen LogP contribution is -2.05. The summed E-state index contributed by atoms with van der Waals surface area (Å²) in [4.78, 5) is 10.8. The summed E-state index contributed by atoms with van der Waals surface area (Å²) in [7, 11) is 0. The fraction of sp³-hybridized carbons (Fsp3) is 0. The predicted octanol–water partition coefficient (Wildman–Crippen LogP) is 1.92. The molecule has 1 aromatic carbocycles. The number of rotatable bonds is 2. The molecule has 0 aliphatic rings. The molecule has 0 aliphatic heterocycles. The van der Waals surface area contributed by atoms with Crippen molar-refractivity contribution < 1.29 is 9.90 Å². The van der Waals surface area contributed by atoms with E-state index >= 15 is 0 Å². The second-order valence-electron chi connectivity index (χ2n) is 3.14. The van der Waals surface area contributed by atoms with Crippen molar-refractivity contribution in [1.82, 2.24) is 9.78 Å². The van der Waals surface area contributed by atoms with E-state index in [0.29, 0.717) is 5.69 Å². The number of carboxylic acids is 1. The van der Waals surface area contributed by atoms with Gasteiger partial charge in [0.15, 0.2) is 0 Å². The van der Waals surface area contributed by atoms with E-state index in [1.54, 1.807) is 12.1 Å². The van der Waals surface area contributed by atoms with Gasteiger partial charge in [0, 0.05) is 4.47 Å². The number of carboxylic acid groups (broad SMARTS) is 1. The van der Waals surface area contributed by atoms with Crippen molar-refractivity contribution in [2.24, 2.45) is 0 Å². The number of carbonyl (C=O) groups is 1. The highest BCUT2D eigenvalue weighted by molar-refractivity contribution is 9.10. The van der Waals surface area contributed by atoms with Crippen molar-refractivity contribution in [1.29, 1.82) is 0 Å². The van der Waals surface area contributed by atoms with Gasteiger partial charge >= 0.3 is 5.97 Å².